The van der Waals surface area contributed by atoms with E-state index in [9.17, 15) is 18.0 Å². The fraction of sp³-hybridized carbons (Fsp3) is 0.500. The van der Waals surface area contributed by atoms with Crippen LogP contribution in [0.15, 0.2) is 6.20 Å². The van der Waals surface area contributed by atoms with E-state index in [1.807, 2.05) is 0 Å². The summed E-state index contributed by atoms with van der Waals surface area (Å²) in [5, 5.41) is 0.583. The van der Waals surface area contributed by atoms with Crippen molar-refractivity contribution in [1.82, 2.24) is 4.98 Å². The summed E-state index contributed by atoms with van der Waals surface area (Å²) >= 11 is 1.08. The zero-order valence-corrected chi connectivity index (χ0v) is 8.95. The van der Waals surface area contributed by atoms with Gasteiger partial charge in [0.05, 0.1) is 6.42 Å². The van der Waals surface area contributed by atoms with Gasteiger partial charge in [0, 0.05) is 25.2 Å². The summed E-state index contributed by atoms with van der Waals surface area (Å²) in [6, 6.07) is 0. The molecule has 0 fully saturated rings. The van der Waals surface area contributed by atoms with E-state index in [4.69, 9.17) is 0 Å². The molecule has 0 amide bonds. The van der Waals surface area contributed by atoms with Crippen molar-refractivity contribution in [3.8, 4) is 0 Å². The van der Waals surface area contributed by atoms with Gasteiger partial charge in [0.15, 0.2) is 5.13 Å². The van der Waals surface area contributed by atoms with Gasteiger partial charge in [-0.15, -0.1) is 11.3 Å². The summed E-state index contributed by atoms with van der Waals surface area (Å²) in [5.74, 6) is -1.74. The maximum absolute atomic E-state index is 11.9. The molecule has 0 saturated carbocycles. The fourth-order valence-electron chi connectivity index (χ4n) is 0.844. The Kier molecular flexibility index (Phi) is 3.33. The molecule has 0 atom stereocenters. The van der Waals surface area contributed by atoms with Crippen LogP contribution in [0.1, 0.15) is 4.88 Å². The highest BCUT2D eigenvalue weighted by atomic mass is 32.1. The van der Waals surface area contributed by atoms with Crippen LogP contribution in [0.5, 0.6) is 0 Å². The second kappa shape index (κ2) is 4.18. The van der Waals surface area contributed by atoms with Crippen molar-refractivity contribution >= 4 is 22.3 Å². The Balaban J connectivity index is 2.70. The topological polar surface area (TPSA) is 33.2 Å². The lowest BCUT2D eigenvalue weighted by Crippen LogP contribution is -2.24. The summed E-state index contributed by atoms with van der Waals surface area (Å²) in [6.07, 6.45) is -4.10. The van der Waals surface area contributed by atoms with E-state index in [-0.39, 0.29) is 0 Å². The van der Waals surface area contributed by atoms with Gasteiger partial charge in [0.1, 0.15) is 0 Å². The van der Waals surface area contributed by atoms with Gasteiger partial charge in [0.25, 0.3) is 0 Å². The first-order valence-corrected chi connectivity index (χ1v) is 4.84. The molecule has 0 unspecified atom stereocenters. The Labute approximate surface area is 88.5 Å². The second-order valence-corrected chi connectivity index (χ2v) is 4.19. The first-order chi connectivity index (χ1) is 6.80. The molecular formula is C8H9F3N2OS. The number of ketones is 1. The lowest BCUT2D eigenvalue weighted by Gasteiger charge is -2.05. The smallest absolute Gasteiger partial charge is 0.354 e. The molecule has 0 N–H and O–H groups in total. The van der Waals surface area contributed by atoms with E-state index < -0.39 is 18.4 Å². The third-order valence-electron chi connectivity index (χ3n) is 1.57. The van der Waals surface area contributed by atoms with Crippen LogP contribution in [0.3, 0.4) is 0 Å². The van der Waals surface area contributed by atoms with E-state index in [0.29, 0.717) is 10.0 Å². The molecule has 84 valence electrons. The Bertz CT molecular complexity index is 359. The molecule has 0 aromatic carbocycles. The molecule has 0 aliphatic carbocycles. The highest BCUT2D eigenvalue weighted by Gasteiger charge is 2.38. The van der Waals surface area contributed by atoms with Crippen molar-refractivity contribution in [3.63, 3.8) is 0 Å². The van der Waals surface area contributed by atoms with Gasteiger partial charge in [-0.1, -0.05) is 0 Å². The second-order valence-electron chi connectivity index (χ2n) is 3.10. The summed E-state index contributed by atoms with van der Waals surface area (Å²) in [6.45, 7) is 0. The van der Waals surface area contributed by atoms with Crippen LogP contribution < -0.4 is 4.90 Å². The van der Waals surface area contributed by atoms with Crippen LogP contribution >= 0.6 is 11.3 Å². The Morgan fingerprint density at radius 3 is 2.53 bits per heavy atom. The minimum atomic E-state index is -4.76. The van der Waals surface area contributed by atoms with Gasteiger partial charge in [-0.3, -0.25) is 4.79 Å². The molecule has 1 aromatic heterocycles. The van der Waals surface area contributed by atoms with Crippen molar-refractivity contribution in [2.24, 2.45) is 0 Å². The molecule has 0 saturated heterocycles. The number of carbonyl (C=O) groups is 1. The van der Waals surface area contributed by atoms with Gasteiger partial charge < -0.3 is 4.90 Å². The monoisotopic (exact) mass is 238 g/mol. The highest BCUT2D eigenvalue weighted by Crippen LogP contribution is 2.24. The normalized spacial score (nSPS) is 11.5. The number of thiazole rings is 1. The summed E-state index contributed by atoms with van der Waals surface area (Å²) < 4.78 is 35.8. The van der Waals surface area contributed by atoms with Crippen LogP contribution in [0.25, 0.3) is 0 Å². The van der Waals surface area contributed by atoms with Crippen molar-refractivity contribution < 1.29 is 18.0 Å². The number of anilines is 1. The first-order valence-electron chi connectivity index (χ1n) is 4.02. The average Bonchev–Trinajstić information content (AvgIpc) is 2.50. The van der Waals surface area contributed by atoms with Crippen molar-refractivity contribution in [1.29, 1.82) is 0 Å². The molecule has 1 rings (SSSR count). The Morgan fingerprint density at radius 2 is 2.13 bits per heavy atom. The Morgan fingerprint density at radius 1 is 1.53 bits per heavy atom. The lowest BCUT2D eigenvalue weighted by atomic mass is 10.2. The van der Waals surface area contributed by atoms with Crippen LogP contribution in [0, 0.1) is 0 Å². The minimum absolute atomic E-state index is 0.320. The van der Waals surface area contributed by atoms with E-state index in [2.05, 4.69) is 4.98 Å². The molecule has 0 bridgehead atoms. The molecule has 3 nitrogen and oxygen atoms in total. The summed E-state index contributed by atoms with van der Waals surface area (Å²) in [4.78, 5) is 16.5. The quantitative estimate of drug-likeness (QED) is 0.806. The van der Waals surface area contributed by atoms with E-state index in [1.54, 1.807) is 19.0 Å². The average molecular weight is 238 g/mol. The maximum Gasteiger partial charge on any atom is 0.450 e. The van der Waals surface area contributed by atoms with Crippen LogP contribution in [-0.2, 0) is 11.2 Å². The number of carbonyl (C=O) groups excluding carboxylic acids is 1. The number of Topliss-reactive ketones (excluding diaryl/α,β-unsaturated/α-hetero) is 1. The summed E-state index contributed by atoms with van der Waals surface area (Å²) in [5.41, 5.74) is 0. The van der Waals surface area contributed by atoms with Gasteiger partial charge in [0.2, 0.25) is 5.78 Å². The summed E-state index contributed by atoms with van der Waals surface area (Å²) in [7, 11) is 3.46. The van der Waals surface area contributed by atoms with Crippen LogP contribution in [0.2, 0.25) is 0 Å². The number of aromatic nitrogens is 1. The molecule has 1 heterocycles. The number of alkyl halides is 3. The molecule has 7 heteroatoms. The predicted octanol–water partition coefficient (Wildman–Crippen LogP) is 1.88. The van der Waals surface area contributed by atoms with E-state index >= 15 is 0 Å². The van der Waals surface area contributed by atoms with E-state index in [0.717, 1.165) is 11.3 Å². The molecule has 0 aliphatic rings. The van der Waals surface area contributed by atoms with Gasteiger partial charge >= 0.3 is 6.18 Å². The molecule has 0 spiro atoms. The molecule has 1 aromatic rings. The lowest BCUT2D eigenvalue weighted by molar-refractivity contribution is -0.170. The number of nitrogens with zero attached hydrogens (tertiary/aromatic N) is 2. The largest absolute Gasteiger partial charge is 0.450 e. The predicted molar refractivity (Wildman–Crippen MR) is 51.2 cm³/mol. The van der Waals surface area contributed by atoms with Crippen molar-refractivity contribution in [2.45, 2.75) is 12.6 Å². The number of halogens is 3. The zero-order valence-electron chi connectivity index (χ0n) is 8.13. The van der Waals surface area contributed by atoms with Crippen molar-refractivity contribution in [3.05, 3.63) is 11.1 Å². The maximum atomic E-state index is 11.9. The molecule has 0 radical (unpaired) electrons. The van der Waals surface area contributed by atoms with E-state index in [1.165, 1.54) is 6.20 Å². The standard InChI is InChI=1S/C8H9F3N2OS/c1-13(2)7-12-4-5(15-7)3-6(14)8(9,10)11/h4H,3H2,1-2H3. The fourth-order valence-corrected chi connectivity index (χ4v) is 1.68. The van der Waals surface area contributed by atoms with Crippen LogP contribution in [-0.4, -0.2) is 31.0 Å². The molecule has 15 heavy (non-hydrogen) atoms. The zero-order chi connectivity index (χ0) is 11.6. The minimum Gasteiger partial charge on any atom is -0.354 e. The Hall–Kier alpha value is -1.11. The number of hydrogen-bond acceptors (Lipinski definition) is 4. The SMILES string of the molecule is CN(C)c1ncc(CC(=O)C(F)(F)F)s1. The first kappa shape index (κ1) is 12.0. The molecular weight excluding hydrogens is 229 g/mol. The number of rotatable bonds is 3. The third kappa shape index (κ3) is 3.19. The van der Waals surface area contributed by atoms with Crippen LogP contribution in [0.4, 0.5) is 18.3 Å². The van der Waals surface area contributed by atoms with Crippen molar-refractivity contribution in [2.75, 3.05) is 19.0 Å². The highest BCUT2D eigenvalue weighted by molar-refractivity contribution is 7.15. The van der Waals surface area contributed by atoms with Gasteiger partial charge in [-0.05, 0) is 0 Å². The number of hydrogen-bond donors (Lipinski definition) is 0. The van der Waals surface area contributed by atoms with Gasteiger partial charge in [-0.2, -0.15) is 13.2 Å². The van der Waals surface area contributed by atoms with Gasteiger partial charge in [-0.25, -0.2) is 4.98 Å². The molecule has 0 aliphatic heterocycles. The third-order valence-corrected chi connectivity index (χ3v) is 2.74.